The Kier molecular flexibility index (Phi) is 4.73. The van der Waals surface area contributed by atoms with Crippen molar-refractivity contribution in [3.63, 3.8) is 0 Å². The second-order valence-electron chi connectivity index (χ2n) is 4.13. The molecule has 0 atom stereocenters. The molecule has 0 aliphatic heterocycles. The first-order chi connectivity index (χ1) is 9.63. The molecule has 0 bridgehead atoms. The summed E-state index contributed by atoms with van der Waals surface area (Å²) in [7, 11) is 1.58. The lowest BCUT2D eigenvalue weighted by molar-refractivity contribution is 0.415. The number of nitrogens with one attached hydrogen (secondary N) is 1. The van der Waals surface area contributed by atoms with Gasteiger partial charge in [0.2, 0.25) is 0 Å². The Morgan fingerprint density at radius 1 is 1.15 bits per heavy atom. The van der Waals surface area contributed by atoms with Gasteiger partial charge in [0.25, 0.3) is 0 Å². The summed E-state index contributed by atoms with van der Waals surface area (Å²) in [5, 5.41) is 13.2. The molecular weight excluding hydrogens is 295 g/mol. The third kappa shape index (κ3) is 3.36. The van der Waals surface area contributed by atoms with Crippen molar-refractivity contribution < 1.29 is 4.74 Å². The molecule has 2 rings (SSSR count). The summed E-state index contributed by atoms with van der Waals surface area (Å²) in [6.45, 7) is 0.593. The molecule has 0 aliphatic rings. The van der Waals surface area contributed by atoms with Gasteiger partial charge in [-0.25, -0.2) is 0 Å². The first-order valence-corrected chi connectivity index (χ1v) is 6.65. The molecule has 3 nitrogen and oxygen atoms in total. The monoisotopic (exact) mass is 306 g/mol. The summed E-state index contributed by atoms with van der Waals surface area (Å²) >= 11 is 12.0. The van der Waals surface area contributed by atoms with Crippen molar-refractivity contribution in [1.29, 1.82) is 5.26 Å². The fourth-order valence-corrected chi connectivity index (χ4v) is 2.18. The van der Waals surface area contributed by atoms with Gasteiger partial charge in [-0.05, 0) is 35.9 Å². The first-order valence-electron chi connectivity index (χ1n) is 5.90. The molecule has 2 aromatic rings. The number of rotatable bonds is 4. The van der Waals surface area contributed by atoms with E-state index in [4.69, 9.17) is 33.2 Å². The summed E-state index contributed by atoms with van der Waals surface area (Å²) in [4.78, 5) is 0. The van der Waals surface area contributed by atoms with Crippen LogP contribution in [-0.4, -0.2) is 7.11 Å². The van der Waals surface area contributed by atoms with Crippen molar-refractivity contribution in [3.8, 4) is 11.8 Å². The molecule has 0 aromatic heterocycles. The quantitative estimate of drug-likeness (QED) is 0.905. The molecule has 0 saturated heterocycles. The number of halogens is 2. The summed E-state index contributed by atoms with van der Waals surface area (Å²) in [6.07, 6.45) is 0. The predicted molar refractivity (Wildman–Crippen MR) is 81.5 cm³/mol. The SMILES string of the molecule is COc1ccc(CNc2ccc(Cl)c(C#N)c2)cc1Cl. The van der Waals surface area contributed by atoms with Crippen LogP contribution in [0.5, 0.6) is 5.75 Å². The van der Waals surface area contributed by atoms with Crippen molar-refractivity contribution in [3.05, 3.63) is 57.6 Å². The molecule has 20 heavy (non-hydrogen) atoms. The summed E-state index contributed by atoms with van der Waals surface area (Å²) in [5.41, 5.74) is 2.30. The van der Waals surface area contributed by atoms with Crippen molar-refractivity contribution in [2.24, 2.45) is 0 Å². The lowest BCUT2D eigenvalue weighted by atomic mass is 10.2. The van der Waals surface area contributed by atoms with E-state index in [0.29, 0.717) is 27.9 Å². The number of nitriles is 1. The first kappa shape index (κ1) is 14.5. The molecule has 1 N–H and O–H groups in total. The molecular formula is C15H12Cl2N2O. The van der Waals surface area contributed by atoms with Gasteiger partial charge in [0.15, 0.2) is 0 Å². The highest BCUT2D eigenvalue weighted by Gasteiger charge is 2.03. The van der Waals surface area contributed by atoms with E-state index >= 15 is 0 Å². The Labute approximate surface area is 127 Å². The number of ether oxygens (including phenoxy) is 1. The van der Waals surface area contributed by atoms with E-state index in [1.807, 2.05) is 30.3 Å². The van der Waals surface area contributed by atoms with Gasteiger partial charge in [-0.3, -0.25) is 0 Å². The van der Waals surface area contributed by atoms with Crippen molar-refractivity contribution in [2.45, 2.75) is 6.54 Å². The van der Waals surface area contributed by atoms with E-state index in [1.54, 1.807) is 19.2 Å². The average Bonchev–Trinajstić information content (AvgIpc) is 2.46. The molecule has 0 amide bonds. The zero-order chi connectivity index (χ0) is 14.5. The molecule has 102 valence electrons. The molecule has 0 fully saturated rings. The van der Waals surface area contributed by atoms with E-state index in [2.05, 4.69) is 5.32 Å². The second-order valence-corrected chi connectivity index (χ2v) is 4.94. The van der Waals surface area contributed by atoms with Crippen LogP contribution in [-0.2, 0) is 6.54 Å². The van der Waals surface area contributed by atoms with Gasteiger partial charge in [0.05, 0.1) is 22.7 Å². The highest BCUT2D eigenvalue weighted by atomic mass is 35.5. The summed E-state index contributed by atoms with van der Waals surface area (Å²) < 4.78 is 5.10. The predicted octanol–water partition coefficient (Wildman–Crippen LogP) is 4.49. The van der Waals surface area contributed by atoms with Gasteiger partial charge < -0.3 is 10.1 Å². The normalized spacial score (nSPS) is 9.90. The molecule has 0 spiro atoms. The summed E-state index contributed by atoms with van der Waals surface area (Å²) in [5.74, 6) is 0.647. The Morgan fingerprint density at radius 2 is 1.95 bits per heavy atom. The van der Waals surface area contributed by atoms with Crippen LogP contribution in [0.4, 0.5) is 5.69 Å². The van der Waals surface area contributed by atoms with E-state index in [-0.39, 0.29) is 0 Å². The Balaban J connectivity index is 2.09. The number of anilines is 1. The van der Waals surface area contributed by atoms with Crippen LogP contribution in [0.2, 0.25) is 10.0 Å². The van der Waals surface area contributed by atoms with Crippen LogP contribution >= 0.6 is 23.2 Å². The number of hydrogen-bond acceptors (Lipinski definition) is 3. The minimum atomic E-state index is 0.449. The fourth-order valence-electron chi connectivity index (χ4n) is 1.74. The van der Waals surface area contributed by atoms with Gasteiger partial charge in [-0.15, -0.1) is 0 Å². The minimum absolute atomic E-state index is 0.449. The van der Waals surface area contributed by atoms with Crippen molar-refractivity contribution in [2.75, 3.05) is 12.4 Å². The van der Waals surface area contributed by atoms with Crippen LogP contribution in [0.1, 0.15) is 11.1 Å². The van der Waals surface area contributed by atoms with Crippen LogP contribution in [0, 0.1) is 11.3 Å². The zero-order valence-electron chi connectivity index (χ0n) is 10.8. The lowest BCUT2D eigenvalue weighted by Crippen LogP contribution is -2.00. The number of nitrogens with zero attached hydrogens (tertiary/aromatic N) is 1. The second kappa shape index (κ2) is 6.51. The molecule has 5 heteroatoms. The molecule has 0 saturated carbocycles. The standard InChI is InChI=1S/C15H12Cl2N2O/c1-20-15-5-2-10(6-14(15)17)9-19-12-3-4-13(16)11(7-12)8-18/h2-7,19H,9H2,1H3. The average molecular weight is 307 g/mol. The number of hydrogen-bond donors (Lipinski definition) is 1. The van der Waals surface area contributed by atoms with Crippen LogP contribution in [0.15, 0.2) is 36.4 Å². The smallest absolute Gasteiger partial charge is 0.137 e. The van der Waals surface area contributed by atoms with E-state index in [9.17, 15) is 0 Å². The van der Waals surface area contributed by atoms with Crippen molar-refractivity contribution >= 4 is 28.9 Å². The fraction of sp³-hybridized carbons (Fsp3) is 0.133. The Morgan fingerprint density at radius 3 is 2.60 bits per heavy atom. The number of methoxy groups -OCH3 is 1. The zero-order valence-corrected chi connectivity index (χ0v) is 12.3. The van der Waals surface area contributed by atoms with Crippen molar-refractivity contribution in [1.82, 2.24) is 0 Å². The van der Waals surface area contributed by atoms with E-state index < -0.39 is 0 Å². The highest BCUT2D eigenvalue weighted by Crippen LogP contribution is 2.25. The van der Waals surface area contributed by atoms with Crippen LogP contribution < -0.4 is 10.1 Å². The van der Waals surface area contributed by atoms with Gasteiger partial charge in [-0.2, -0.15) is 5.26 Å². The third-order valence-electron chi connectivity index (χ3n) is 2.80. The maximum absolute atomic E-state index is 8.93. The van der Waals surface area contributed by atoms with Crippen LogP contribution in [0.25, 0.3) is 0 Å². The maximum Gasteiger partial charge on any atom is 0.137 e. The summed E-state index contributed by atoms with van der Waals surface area (Å²) in [6, 6.07) is 12.9. The van der Waals surface area contributed by atoms with Gasteiger partial charge in [0.1, 0.15) is 11.8 Å². The molecule has 0 aliphatic carbocycles. The third-order valence-corrected chi connectivity index (χ3v) is 3.42. The highest BCUT2D eigenvalue weighted by molar-refractivity contribution is 6.32. The van der Waals surface area contributed by atoms with Gasteiger partial charge >= 0.3 is 0 Å². The Bertz CT molecular complexity index is 665. The van der Waals surface area contributed by atoms with E-state index in [1.165, 1.54) is 0 Å². The Hall–Kier alpha value is -1.89. The molecule has 2 aromatic carbocycles. The number of benzene rings is 2. The lowest BCUT2D eigenvalue weighted by Gasteiger charge is -2.09. The largest absolute Gasteiger partial charge is 0.495 e. The van der Waals surface area contributed by atoms with Gasteiger partial charge in [0, 0.05) is 12.2 Å². The van der Waals surface area contributed by atoms with E-state index in [0.717, 1.165) is 11.3 Å². The molecule has 0 heterocycles. The minimum Gasteiger partial charge on any atom is -0.495 e. The maximum atomic E-state index is 8.93. The topological polar surface area (TPSA) is 45.0 Å². The molecule has 0 radical (unpaired) electrons. The van der Waals surface area contributed by atoms with Crippen LogP contribution in [0.3, 0.4) is 0 Å². The molecule has 0 unspecified atom stereocenters. The van der Waals surface area contributed by atoms with Gasteiger partial charge in [-0.1, -0.05) is 29.3 Å².